The van der Waals surface area contributed by atoms with E-state index in [0.29, 0.717) is 17.3 Å². The highest BCUT2D eigenvalue weighted by Gasteiger charge is 2.06. The highest BCUT2D eigenvalue weighted by molar-refractivity contribution is 6.34. The van der Waals surface area contributed by atoms with Gasteiger partial charge in [0.2, 0.25) is 5.69 Å². The smallest absolute Gasteiger partial charge is 0.205 e. The van der Waals surface area contributed by atoms with Crippen LogP contribution in [0.3, 0.4) is 0 Å². The van der Waals surface area contributed by atoms with Gasteiger partial charge in [0.1, 0.15) is 0 Å². The molecule has 0 spiro atoms. The summed E-state index contributed by atoms with van der Waals surface area (Å²) in [6, 6.07) is 3.46. The molecule has 0 heterocycles. The number of halogens is 1. The van der Waals surface area contributed by atoms with Gasteiger partial charge in [-0.05, 0) is 18.6 Å². The Balaban J connectivity index is 3.00. The van der Waals surface area contributed by atoms with Crippen molar-refractivity contribution in [3.05, 3.63) is 34.1 Å². The largest absolute Gasteiger partial charge is 0.395 e. The lowest BCUT2D eigenvalue weighted by atomic mass is 10.2. The zero-order valence-corrected chi connectivity index (χ0v) is 8.60. The summed E-state index contributed by atoms with van der Waals surface area (Å²) in [6.45, 7) is 9.27. The van der Waals surface area contributed by atoms with Crippen molar-refractivity contribution in [1.29, 1.82) is 0 Å². The molecule has 1 aromatic rings. The van der Waals surface area contributed by atoms with Crippen molar-refractivity contribution in [3.8, 4) is 0 Å². The van der Waals surface area contributed by atoms with Crippen molar-refractivity contribution in [2.45, 2.75) is 6.92 Å². The van der Waals surface area contributed by atoms with Crippen LogP contribution >= 0.6 is 11.6 Å². The number of aliphatic hydroxyl groups excluding tert-OH is 1. The molecule has 14 heavy (non-hydrogen) atoms. The first-order valence-corrected chi connectivity index (χ1v) is 4.59. The van der Waals surface area contributed by atoms with E-state index >= 15 is 0 Å². The molecule has 0 aliphatic heterocycles. The van der Waals surface area contributed by atoms with Crippen molar-refractivity contribution in [2.75, 3.05) is 18.5 Å². The molecule has 1 aromatic carbocycles. The van der Waals surface area contributed by atoms with Crippen molar-refractivity contribution in [2.24, 2.45) is 0 Å². The zero-order valence-electron chi connectivity index (χ0n) is 7.84. The van der Waals surface area contributed by atoms with E-state index in [9.17, 15) is 0 Å². The Morgan fingerprint density at radius 2 is 2.29 bits per heavy atom. The summed E-state index contributed by atoms with van der Waals surface area (Å²) < 4.78 is 0. The summed E-state index contributed by atoms with van der Waals surface area (Å²) in [7, 11) is 0. The molecular weight excluding hydrogens is 200 g/mol. The Hall–Kier alpha value is -1.24. The van der Waals surface area contributed by atoms with E-state index in [1.165, 1.54) is 0 Å². The maximum atomic E-state index is 8.64. The average molecular weight is 211 g/mol. The van der Waals surface area contributed by atoms with E-state index in [-0.39, 0.29) is 6.61 Å². The first kappa shape index (κ1) is 10.8. The Kier molecular flexibility index (Phi) is 3.75. The fraction of sp³-hybridized carbons (Fsp3) is 0.300. The molecule has 1 rings (SSSR count). The van der Waals surface area contributed by atoms with Crippen LogP contribution in [0.4, 0.5) is 11.4 Å². The maximum absolute atomic E-state index is 8.64. The molecule has 0 aliphatic rings. The van der Waals surface area contributed by atoms with Gasteiger partial charge >= 0.3 is 0 Å². The minimum atomic E-state index is 0.0711. The lowest BCUT2D eigenvalue weighted by Gasteiger charge is -2.10. The van der Waals surface area contributed by atoms with E-state index in [1.807, 2.05) is 6.92 Å². The second-order valence-electron chi connectivity index (χ2n) is 2.83. The van der Waals surface area contributed by atoms with Crippen LogP contribution in [-0.2, 0) is 0 Å². The molecule has 0 fully saturated rings. The third-order valence-electron chi connectivity index (χ3n) is 1.91. The van der Waals surface area contributed by atoms with Crippen molar-refractivity contribution in [3.63, 3.8) is 0 Å². The van der Waals surface area contributed by atoms with Crippen molar-refractivity contribution < 1.29 is 5.11 Å². The molecule has 0 aromatic heterocycles. The number of nitrogens with zero attached hydrogens (tertiary/aromatic N) is 1. The summed E-state index contributed by atoms with van der Waals surface area (Å²) in [4.78, 5) is 3.29. The summed E-state index contributed by atoms with van der Waals surface area (Å²) in [5.74, 6) is 0. The highest BCUT2D eigenvalue weighted by atomic mass is 35.5. The van der Waals surface area contributed by atoms with Gasteiger partial charge in [-0.25, -0.2) is 4.85 Å². The van der Waals surface area contributed by atoms with Crippen LogP contribution in [0.1, 0.15) is 5.56 Å². The van der Waals surface area contributed by atoms with Gasteiger partial charge in [0, 0.05) is 12.2 Å². The Labute approximate surface area is 88.1 Å². The molecule has 3 nitrogen and oxygen atoms in total. The fourth-order valence-corrected chi connectivity index (χ4v) is 1.35. The van der Waals surface area contributed by atoms with Gasteiger partial charge in [0.15, 0.2) is 0 Å². The van der Waals surface area contributed by atoms with Crippen LogP contribution < -0.4 is 5.32 Å². The van der Waals surface area contributed by atoms with Gasteiger partial charge in [-0.3, -0.25) is 0 Å². The molecule has 2 N–H and O–H groups in total. The molecule has 0 bridgehead atoms. The number of aliphatic hydroxyl groups is 1. The van der Waals surface area contributed by atoms with Gasteiger partial charge < -0.3 is 10.4 Å². The van der Waals surface area contributed by atoms with E-state index in [0.717, 1.165) is 11.3 Å². The molecule has 0 saturated heterocycles. The third-order valence-corrected chi connectivity index (χ3v) is 2.39. The summed E-state index contributed by atoms with van der Waals surface area (Å²) in [5.41, 5.74) is 2.16. The van der Waals surface area contributed by atoms with Crippen LogP contribution in [0.25, 0.3) is 4.85 Å². The van der Waals surface area contributed by atoms with Crippen LogP contribution in [-0.4, -0.2) is 18.3 Å². The number of anilines is 1. The molecule has 4 heteroatoms. The first-order chi connectivity index (χ1) is 6.70. The van der Waals surface area contributed by atoms with Crippen LogP contribution in [0.2, 0.25) is 5.02 Å². The minimum Gasteiger partial charge on any atom is -0.395 e. The lowest BCUT2D eigenvalue weighted by Crippen LogP contribution is -2.06. The molecule has 0 saturated carbocycles. The second-order valence-corrected chi connectivity index (χ2v) is 3.21. The standard InChI is InChI=1S/C10H11ClN2O/c1-7-8(13-5-6-14)3-4-9(12-2)10(7)11/h3-4,13-14H,5-6H2,1H3. The van der Waals surface area contributed by atoms with E-state index < -0.39 is 0 Å². The number of nitrogens with one attached hydrogen (secondary N) is 1. The number of hydrogen-bond donors (Lipinski definition) is 2. The van der Waals surface area contributed by atoms with Gasteiger partial charge in [-0.15, -0.1) is 0 Å². The Morgan fingerprint density at radius 3 is 2.86 bits per heavy atom. The van der Waals surface area contributed by atoms with Crippen LogP contribution in [0.15, 0.2) is 12.1 Å². The summed E-state index contributed by atoms with van der Waals surface area (Å²) in [5, 5.41) is 12.1. The summed E-state index contributed by atoms with van der Waals surface area (Å²) >= 11 is 5.96. The topological polar surface area (TPSA) is 36.6 Å². The normalized spacial score (nSPS) is 9.57. The zero-order chi connectivity index (χ0) is 10.6. The number of benzene rings is 1. The number of hydrogen-bond acceptors (Lipinski definition) is 2. The monoisotopic (exact) mass is 210 g/mol. The SMILES string of the molecule is [C-]#[N+]c1ccc(NCCO)c(C)c1Cl. The molecular formula is C10H11ClN2O. The molecule has 0 radical (unpaired) electrons. The predicted molar refractivity (Wildman–Crippen MR) is 58.0 cm³/mol. The molecule has 74 valence electrons. The fourth-order valence-electron chi connectivity index (χ4n) is 1.14. The maximum Gasteiger partial charge on any atom is 0.205 e. The van der Waals surface area contributed by atoms with Gasteiger partial charge in [0.05, 0.1) is 18.2 Å². The van der Waals surface area contributed by atoms with Gasteiger partial charge in [0.25, 0.3) is 0 Å². The average Bonchev–Trinajstić information content (AvgIpc) is 2.20. The highest BCUT2D eigenvalue weighted by Crippen LogP contribution is 2.32. The van der Waals surface area contributed by atoms with Crippen molar-refractivity contribution >= 4 is 23.0 Å². The van der Waals surface area contributed by atoms with E-state index in [2.05, 4.69) is 10.2 Å². The second kappa shape index (κ2) is 4.85. The Morgan fingerprint density at radius 1 is 1.57 bits per heavy atom. The quantitative estimate of drug-likeness (QED) is 0.753. The molecule has 0 aliphatic carbocycles. The van der Waals surface area contributed by atoms with Crippen molar-refractivity contribution in [1.82, 2.24) is 0 Å². The molecule has 0 unspecified atom stereocenters. The third kappa shape index (κ3) is 2.16. The summed E-state index contributed by atoms with van der Waals surface area (Å²) in [6.07, 6.45) is 0. The molecule has 0 atom stereocenters. The van der Waals surface area contributed by atoms with Gasteiger partial charge in [-0.2, -0.15) is 0 Å². The van der Waals surface area contributed by atoms with E-state index in [4.69, 9.17) is 23.3 Å². The predicted octanol–water partition coefficient (Wildman–Crippen LogP) is 2.60. The van der Waals surface area contributed by atoms with Crippen LogP contribution in [0.5, 0.6) is 0 Å². The van der Waals surface area contributed by atoms with Crippen LogP contribution in [0, 0.1) is 13.5 Å². The van der Waals surface area contributed by atoms with Gasteiger partial charge in [-0.1, -0.05) is 17.7 Å². The number of rotatable bonds is 3. The lowest BCUT2D eigenvalue weighted by molar-refractivity contribution is 0.311. The van der Waals surface area contributed by atoms with E-state index in [1.54, 1.807) is 12.1 Å². The molecule has 0 amide bonds. The Bertz CT molecular complexity index is 371. The minimum absolute atomic E-state index is 0.0711. The first-order valence-electron chi connectivity index (χ1n) is 4.22.